The van der Waals surface area contributed by atoms with Crippen LogP contribution in [0.25, 0.3) is 0 Å². The Morgan fingerprint density at radius 3 is 2.72 bits per heavy atom. The molecule has 2 fully saturated rings. The van der Waals surface area contributed by atoms with Crippen LogP contribution in [0, 0.1) is 5.92 Å². The van der Waals surface area contributed by atoms with Crippen LogP contribution < -0.4 is 5.32 Å². The fraction of sp³-hybridized carbons (Fsp3) is 1.00. The van der Waals surface area contributed by atoms with Gasteiger partial charge in [-0.1, -0.05) is 6.92 Å². The molecule has 0 radical (unpaired) electrons. The standard InChI is InChI=1S/C15H30N2O/c1-12(2)17-9-4-6-15(18,7-10-17)14-11-13(3)5-8-16-14/h12-14,16,18H,4-11H2,1-3H3. The summed E-state index contributed by atoms with van der Waals surface area (Å²) < 4.78 is 0. The molecule has 0 aromatic rings. The summed E-state index contributed by atoms with van der Waals surface area (Å²) in [5.74, 6) is 0.754. The molecule has 2 aliphatic rings. The van der Waals surface area contributed by atoms with Gasteiger partial charge >= 0.3 is 0 Å². The summed E-state index contributed by atoms with van der Waals surface area (Å²) in [7, 11) is 0. The molecule has 0 aromatic carbocycles. The largest absolute Gasteiger partial charge is 0.388 e. The average molecular weight is 254 g/mol. The second kappa shape index (κ2) is 5.89. The van der Waals surface area contributed by atoms with E-state index in [1.807, 2.05) is 0 Å². The summed E-state index contributed by atoms with van der Waals surface area (Å²) in [5, 5.41) is 14.6. The number of hydrogen-bond donors (Lipinski definition) is 2. The molecule has 2 saturated heterocycles. The molecule has 3 atom stereocenters. The first-order valence-electron chi connectivity index (χ1n) is 7.71. The number of aliphatic hydroxyl groups is 1. The molecule has 0 aromatic heterocycles. The van der Waals surface area contributed by atoms with E-state index in [9.17, 15) is 5.11 Å². The molecule has 3 heteroatoms. The SMILES string of the molecule is CC1CCNC(C2(O)CCCN(C(C)C)CC2)C1. The predicted octanol–water partition coefficient (Wildman–Crippen LogP) is 2.00. The van der Waals surface area contributed by atoms with Gasteiger partial charge in [0.1, 0.15) is 0 Å². The van der Waals surface area contributed by atoms with Crippen molar-refractivity contribution in [2.24, 2.45) is 5.92 Å². The molecule has 18 heavy (non-hydrogen) atoms. The summed E-state index contributed by atoms with van der Waals surface area (Å²) in [6.07, 6.45) is 5.40. The second-order valence-electron chi connectivity index (χ2n) is 6.72. The highest BCUT2D eigenvalue weighted by Crippen LogP contribution is 2.32. The van der Waals surface area contributed by atoms with Crippen LogP contribution in [-0.2, 0) is 0 Å². The number of rotatable bonds is 2. The Kier molecular flexibility index (Phi) is 4.68. The van der Waals surface area contributed by atoms with Crippen molar-refractivity contribution >= 4 is 0 Å². The normalized spacial score (nSPS) is 39.8. The van der Waals surface area contributed by atoms with Crippen molar-refractivity contribution in [3.05, 3.63) is 0 Å². The van der Waals surface area contributed by atoms with Crippen molar-refractivity contribution in [2.45, 2.75) is 70.6 Å². The van der Waals surface area contributed by atoms with Crippen LogP contribution in [-0.4, -0.2) is 47.3 Å². The topological polar surface area (TPSA) is 35.5 Å². The lowest BCUT2D eigenvalue weighted by atomic mass is 9.79. The minimum absolute atomic E-state index is 0.313. The number of hydrogen-bond acceptors (Lipinski definition) is 3. The lowest BCUT2D eigenvalue weighted by Crippen LogP contribution is -2.54. The van der Waals surface area contributed by atoms with E-state index in [0.717, 1.165) is 51.2 Å². The molecule has 0 amide bonds. The van der Waals surface area contributed by atoms with Crippen molar-refractivity contribution < 1.29 is 5.11 Å². The number of nitrogens with one attached hydrogen (secondary N) is 1. The van der Waals surface area contributed by atoms with Gasteiger partial charge in [-0.15, -0.1) is 0 Å². The Hall–Kier alpha value is -0.120. The zero-order valence-electron chi connectivity index (χ0n) is 12.3. The maximum absolute atomic E-state index is 11.0. The van der Waals surface area contributed by atoms with E-state index in [2.05, 4.69) is 31.0 Å². The second-order valence-corrected chi connectivity index (χ2v) is 6.72. The van der Waals surface area contributed by atoms with Crippen LogP contribution >= 0.6 is 0 Å². The Bertz CT molecular complexity index is 269. The molecule has 0 aliphatic carbocycles. The van der Waals surface area contributed by atoms with Gasteiger partial charge < -0.3 is 15.3 Å². The lowest BCUT2D eigenvalue weighted by molar-refractivity contribution is -0.0259. The Morgan fingerprint density at radius 2 is 2.06 bits per heavy atom. The van der Waals surface area contributed by atoms with E-state index in [1.165, 1.54) is 6.42 Å². The van der Waals surface area contributed by atoms with Gasteiger partial charge in [0, 0.05) is 18.6 Å². The van der Waals surface area contributed by atoms with Gasteiger partial charge in [0.25, 0.3) is 0 Å². The van der Waals surface area contributed by atoms with Crippen LogP contribution in [0.15, 0.2) is 0 Å². The number of likely N-dealkylation sites (tertiary alicyclic amines) is 1. The highest BCUT2D eigenvalue weighted by atomic mass is 16.3. The molecule has 2 heterocycles. The van der Waals surface area contributed by atoms with Gasteiger partial charge in [-0.3, -0.25) is 0 Å². The molecule has 2 N–H and O–H groups in total. The third kappa shape index (κ3) is 3.25. The van der Waals surface area contributed by atoms with Crippen LogP contribution in [0.5, 0.6) is 0 Å². The van der Waals surface area contributed by atoms with Gasteiger partial charge in [-0.2, -0.15) is 0 Å². The predicted molar refractivity (Wildman–Crippen MR) is 75.7 cm³/mol. The third-order valence-corrected chi connectivity index (χ3v) is 4.93. The maximum atomic E-state index is 11.0. The van der Waals surface area contributed by atoms with Crippen molar-refractivity contribution in [3.63, 3.8) is 0 Å². The first-order valence-corrected chi connectivity index (χ1v) is 7.71. The zero-order valence-corrected chi connectivity index (χ0v) is 12.3. The number of nitrogens with zero attached hydrogens (tertiary/aromatic N) is 1. The van der Waals surface area contributed by atoms with E-state index < -0.39 is 5.60 Å². The van der Waals surface area contributed by atoms with E-state index >= 15 is 0 Å². The minimum atomic E-state index is -0.474. The van der Waals surface area contributed by atoms with Crippen molar-refractivity contribution in [3.8, 4) is 0 Å². The molecule has 3 unspecified atom stereocenters. The van der Waals surface area contributed by atoms with E-state index in [-0.39, 0.29) is 0 Å². The van der Waals surface area contributed by atoms with E-state index in [4.69, 9.17) is 0 Å². The maximum Gasteiger partial charge on any atom is 0.0812 e. The molecule has 0 bridgehead atoms. The third-order valence-electron chi connectivity index (χ3n) is 4.93. The van der Waals surface area contributed by atoms with Crippen molar-refractivity contribution in [2.75, 3.05) is 19.6 Å². The molecule has 0 saturated carbocycles. The van der Waals surface area contributed by atoms with Crippen LogP contribution in [0.3, 0.4) is 0 Å². The summed E-state index contributed by atoms with van der Waals surface area (Å²) >= 11 is 0. The van der Waals surface area contributed by atoms with Crippen LogP contribution in [0.2, 0.25) is 0 Å². The smallest absolute Gasteiger partial charge is 0.0812 e. The molecule has 2 aliphatic heterocycles. The van der Waals surface area contributed by atoms with Gasteiger partial charge in [0.05, 0.1) is 5.60 Å². The highest BCUT2D eigenvalue weighted by molar-refractivity contribution is 4.96. The molecule has 2 rings (SSSR count). The zero-order chi connectivity index (χ0) is 13.2. The van der Waals surface area contributed by atoms with Gasteiger partial charge in [0.2, 0.25) is 0 Å². The van der Waals surface area contributed by atoms with Gasteiger partial charge in [-0.05, 0) is 65.0 Å². The summed E-state index contributed by atoms with van der Waals surface area (Å²) in [6, 6.07) is 0.916. The fourth-order valence-corrected chi connectivity index (χ4v) is 3.54. The molecular formula is C15H30N2O. The summed E-state index contributed by atoms with van der Waals surface area (Å²) in [6.45, 7) is 10.1. The summed E-state index contributed by atoms with van der Waals surface area (Å²) in [4.78, 5) is 2.50. The Morgan fingerprint density at radius 1 is 1.28 bits per heavy atom. The van der Waals surface area contributed by atoms with Gasteiger partial charge in [0.15, 0.2) is 0 Å². The van der Waals surface area contributed by atoms with Crippen molar-refractivity contribution in [1.29, 1.82) is 0 Å². The van der Waals surface area contributed by atoms with E-state index in [1.54, 1.807) is 0 Å². The molecule has 106 valence electrons. The van der Waals surface area contributed by atoms with Crippen LogP contribution in [0.4, 0.5) is 0 Å². The average Bonchev–Trinajstić information content (AvgIpc) is 2.52. The first-order chi connectivity index (χ1) is 8.51. The summed E-state index contributed by atoms with van der Waals surface area (Å²) in [5.41, 5.74) is -0.474. The number of piperidine rings is 1. The molecule has 3 nitrogen and oxygen atoms in total. The monoisotopic (exact) mass is 254 g/mol. The fourth-order valence-electron chi connectivity index (χ4n) is 3.54. The molecular weight excluding hydrogens is 224 g/mol. The van der Waals surface area contributed by atoms with E-state index in [0.29, 0.717) is 12.1 Å². The minimum Gasteiger partial charge on any atom is -0.388 e. The first kappa shape index (κ1) is 14.3. The van der Waals surface area contributed by atoms with Gasteiger partial charge in [-0.25, -0.2) is 0 Å². The van der Waals surface area contributed by atoms with Crippen molar-refractivity contribution in [1.82, 2.24) is 10.2 Å². The Balaban J connectivity index is 1.97. The quantitative estimate of drug-likeness (QED) is 0.791. The lowest BCUT2D eigenvalue weighted by Gasteiger charge is -2.40. The highest BCUT2D eigenvalue weighted by Gasteiger charge is 2.39. The Labute approximate surface area is 112 Å². The van der Waals surface area contributed by atoms with Crippen LogP contribution in [0.1, 0.15) is 52.9 Å². The molecule has 0 spiro atoms.